The summed E-state index contributed by atoms with van der Waals surface area (Å²) in [5.74, 6) is -0.0384. The first-order valence-electron chi connectivity index (χ1n) is 9.84. The molecule has 0 bridgehead atoms. The minimum Gasteiger partial charge on any atom is -0.255 e. The van der Waals surface area contributed by atoms with E-state index in [4.69, 9.17) is 4.98 Å². The Morgan fingerprint density at radius 3 is 2.41 bits per heavy atom. The normalized spacial score (nSPS) is 12.3. The molecule has 4 heteroatoms. The summed E-state index contributed by atoms with van der Waals surface area (Å²) in [6.07, 6.45) is 1.85. The lowest BCUT2D eigenvalue weighted by molar-refractivity contribution is 0.648. The van der Waals surface area contributed by atoms with Gasteiger partial charge in [-0.3, -0.25) is 4.98 Å². The van der Waals surface area contributed by atoms with Crippen molar-refractivity contribution < 1.29 is 4.39 Å². The Labute approximate surface area is 174 Å². The number of benzene rings is 3. The zero-order chi connectivity index (χ0) is 20.3. The number of aryl methyl sites for hydroxylation is 1. The van der Waals surface area contributed by atoms with E-state index in [-0.39, 0.29) is 5.82 Å². The van der Waals surface area contributed by atoms with Crippen molar-refractivity contribution in [2.24, 2.45) is 0 Å². The number of hydrogen-bond acceptors (Lipinski definition) is 2. The van der Waals surface area contributed by atoms with Gasteiger partial charge < -0.3 is 0 Å². The third-order valence-electron chi connectivity index (χ3n) is 5.65. The average Bonchev–Trinajstić information content (AvgIpc) is 3.07. The second-order valence-electron chi connectivity index (χ2n) is 8.71. The monoisotopic (exact) mass is 415 g/mol. The Bertz CT molecular complexity index is 1410. The van der Waals surface area contributed by atoms with Gasteiger partial charge in [0.1, 0.15) is 5.82 Å². The maximum absolute atomic E-state index is 15.4. The molecule has 2 aromatic heterocycles. The van der Waals surface area contributed by atoms with Gasteiger partial charge in [-0.2, -0.15) is 0 Å². The lowest BCUT2D eigenvalue weighted by Gasteiger charge is -2.17. The van der Waals surface area contributed by atoms with Gasteiger partial charge in [0.05, 0.1) is 23.2 Å². The Kier molecular flexibility index (Phi) is 4.12. The van der Waals surface area contributed by atoms with E-state index < -0.39 is 8.07 Å². The molecule has 144 valence electrons. The number of thiophene rings is 1. The zero-order valence-corrected chi connectivity index (χ0v) is 18.8. The van der Waals surface area contributed by atoms with Gasteiger partial charge >= 0.3 is 0 Å². The molecule has 0 radical (unpaired) electrons. The number of nitrogens with zero attached hydrogens (tertiary/aromatic N) is 1. The predicted molar refractivity (Wildman–Crippen MR) is 128 cm³/mol. The predicted octanol–water partition coefficient (Wildman–Crippen LogP) is 7.26. The van der Waals surface area contributed by atoms with Crippen molar-refractivity contribution in [3.63, 3.8) is 0 Å². The molecule has 0 aliphatic rings. The first-order valence-corrected chi connectivity index (χ1v) is 14.2. The molecular formula is C25H22FNSSi. The van der Waals surface area contributed by atoms with Crippen LogP contribution in [-0.4, -0.2) is 13.1 Å². The summed E-state index contributed by atoms with van der Waals surface area (Å²) >= 11 is 1.54. The van der Waals surface area contributed by atoms with E-state index in [2.05, 4.69) is 69.0 Å². The fourth-order valence-electron chi connectivity index (χ4n) is 4.16. The smallest absolute Gasteiger partial charge is 0.140 e. The van der Waals surface area contributed by atoms with Crippen molar-refractivity contribution in [2.45, 2.75) is 26.6 Å². The number of aromatic nitrogens is 1. The molecule has 0 amide bonds. The van der Waals surface area contributed by atoms with E-state index in [0.29, 0.717) is 0 Å². The molecule has 0 saturated heterocycles. The maximum Gasteiger partial charge on any atom is 0.140 e. The van der Waals surface area contributed by atoms with Crippen LogP contribution in [-0.2, 0) is 0 Å². The number of pyridine rings is 1. The first kappa shape index (κ1) is 18.5. The van der Waals surface area contributed by atoms with Gasteiger partial charge in [0.2, 0.25) is 0 Å². The average molecular weight is 416 g/mol. The van der Waals surface area contributed by atoms with E-state index in [0.717, 1.165) is 36.6 Å². The van der Waals surface area contributed by atoms with Crippen molar-refractivity contribution in [3.8, 4) is 11.3 Å². The molecule has 1 nitrogen and oxygen atoms in total. The van der Waals surface area contributed by atoms with Crippen LogP contribution in [0.25, 0.3) is 42.2 Å². The Hall–Kier alpha value is -2.56. The van der Waals surface area contributed by atoms with Gasteiger partial charge in [0.15, 0.2) is 0 Å². The van der Waals surface area contributed by atoms with Crippen molar-refractivity contribution >= 4 is 55.5 Å². The highest BCUT2D eigenvalue weighted by molar-refractivity contribution is 7.26. The van der Waals surface area contributed by atoms with Crippen molar-refractivity contribution in [1.29, 1.82) is 0 Å². The van der Waals surface area contributed by atoms with Crippen LogP contribution in [0.4, 0.5) is 4.39 Å². The molecule has 0 aliphatic heterocycles. The quantitative estimate of drug-likeness (QED) is 0.276. The third-order valence-corrected chi connectivity index (χ3v) is 8.87. The van der Waals surface area contributed by atoms with Crippen LogP contribution in [0.5, 0.6) is 0 Å². The molecule has 0 fully saturated rings. The molecule has 0 saturated carbocycles. The summed E-state index contributed by atoms with van der Waals surface area (Å²) in [4.78, 5) is 4.72. The minimum absolute atomic E-state index is 0.0384. The molecule has 0 unspecified atom stereocenters. The highest BCUT2D eigenvalue weighted by Crippen LogP contribution is 2.40. The topological polar surface area (TPSA) is 12.9 Å². The Morgan fingerprint density at radius 2 is 1.62 bits per heavy atom. The van der Waals surface area contributed by atoms with Crippen LogP contribution in [0.2, 0.25) is 19.6 Å². The van der Waals surface area contributed by atoms with Crippen molar-refractivity contribution in [2.75, 3.05) is 0 Å². The van der Waals surface area contributed by atoms with Crippen LogP contribution < -0.4 is 5.19 Å². The largest absolute Gasteiger partial charge is 0.255 e. The molecule has 5 aromatic rings. The summed E-state index contributed by atoms with van der Waals surface area (Å²) < 4.78 is 17.2. The highest BCUT2D eigenvalue weighted by atomic mass is 32.1. The summed E-state index contributed by atoms with van der Waals surface area (Å²) in [5, 5.41) is 5.43. The van der Waals surface area contributed by atoms with Crippen LogP contribution in [0.1, 0.15) is 5.56 Å². The van der Waals surface area contributed by atoms with Gasteiger partial charge in [-0.1, -0.05) is 56.0 Å². The van der Waals surface area contributed by atoms with Gasteiger partial charge in [0.25, 0.3) is 0 Å². The molecule has 2 heterocycles. The van der Waals surface area contributed by atoms with Gasteiger partial charge in [-0.05, 0) is 46.6 Å². The van der Waals surface area contributed by atoms with Crippen LogP contribution in [0.15, 0.2) is 60.8 Å². The standard InChI is InChI=1S/C25H22FNSSi/c1-15-13-17(14-16-7-5-6-8-18(15)16)23-25-20(11-12-27-23)19-9-10-21(29(2,3)4)22(26)24(19)28-25/h5-14H,1-4H3. The highest BCUT2D eigenvalue weighted by Gasteiger charge is 2.24. The molecule has 0 aliphatic carbocycles. The molecule has 3 aromatic carbocycles. The molecule has 5 rings (SSSR count). The summed E-state index contributed by atoms with van der Waals surface area (Å²) in [5.41, 5.74) is 3.25. The molecule has 0 N–H and O–H groups in total. The van der Waals surface area contributed by atoms with Gasteiger partial charge in [-0.15, -0.1) is 11.3 Å². The van der Waals surface area contributed by atoms with E-state index in [1.54, 1.807) is 0 Å². The van der Waals surface area contributed by atoms with Crippen LogP contribution in [0, 0.1) is 12.7 Å². The lowest BCUT2D eigenvalue weighted by Crippen LogP contribution is -2.39. The second-order valence-corrected chi connectivity index (χ2v) is 14.8. The molecule has 29 heavy (non-hydrogen) atoms. The van der Waals surface area contributed by atoms with Gasteiger partial charge in [0, 0.05) is 22.5 Å². The SMILES string of the molecule is Cc1cc(-c2nccc3c2sc2c(F)c([Si](C)(C)C)ccc23)cc2ccccc12. The minimum atomic E-state index is -1.74. The van der Waals surface area contributed by atoms with Crippen molar-refractivity contribution in [3.05, 3.63) is 72.2 Å². The number of rotatable bonds is 2. The first-order chi connectivity index (χ1) is 13.8. The second kappa shape index (κ2) is 6.47. The van der Waals surface area contributed by atoms with Crippen LogP contribution >= 0.6 is 11.3 Å². The van der Waals surface area contributed by atoms with E-state index in [9.17, 15) is 0 Å². The zero-order valence-electron chi connectivity index (χ0n) is 17.0. The van der Waals surface area contributed by atoms with Crippen molar-refractivity contribution in [1.82, 2.24) is 4.98 Å². The molecular weight excluding hydrogens is 393 g/mol. The fourth-order valence-corrected chi connectivity index (χ4v) is 6.86. The van der Waals surface area contributed by atoms with E-state index >= 15 is 4.39 Å². The Morgan fingerprint density at radius 1 is 0.862 bits per heavy atom. The molecule has 0 spiro atoms. The molecule has 0 atom stereocenters. The van der Waals surface area contributed by atoms with Gasteiger partial charge in [-0.25, -0.2) is 4.39 Å². The Balaban J connectivity index is 1.82. The number of hydrogen-bond donors (Lipinski definition) is 0. The van der Waals surface area contributed by atoms with E-state index in [1.165, 1.54) is 27.7 Å². The van der Waals surface area contributed by atoms with Crippen LogP contribution in [0.3, 0.4) is 0 Å². The fraction of sp³-hybridized carbons (Fsp3) is 0.160. The van der Waals surface area contributed by atoms with E-state index in [1.807, 2.05) is 18.3 Å². The maximum atomic E-state index is 15.4. The summed E-state index contributed by atoms with van der Waals surface area (Å²) in [7, 11) is -1.74. The number of fused-ring (bicyclic) bond motifs is 4. The lowest BCUT2D eigenvalue weighted by atomic mass is 9.99. The summed E-state index contributed by atoms with van der Waals surface area (Å²) in [6.45, 7) is 8.71. The summed E-state index contributed by atoms with van der Waals surface area (Å²) in [6, 6.07) is 18.9. The number of halogens is 1. The third kappa shape index (κ3) is 2.90.